The second-order valence-corrected chi connectivity index (χ2v) is 3.80. The fourth-order valence-electron chi connectivity index (χ4n) is 1.52. The first-order valence-electron chi connectivity index (χ1n) is 5.74. The number of carbonyl (C=O) groups is 1. The number of aromatic nitrogens is 2. The largest absolute Gasteiger partial charge is 0.478 e. The van der Waals surface area contributed by atoms with Crippen molar-refractivity contribution in [2.75, 3.05) is 13.1 Å². The predicted octanol–water partition coefficient (Wildman–Crippen LogP) is 0.973. The fraction of sp³-hybridized carbons (Fsp3) is 0.500. The second-order valence-electron chi connectivity index (χ2n) is 3.80. The van der Waals surface area contributed by atoms with Crippen molar-refractivity contribution >= 4 is 5.97 Å². The Morgan fingerprint density at radius 1 is 1.65 bits per heavy atom. The molecule has 0 atom stereocenters. The summed E-state index contributed by atoms with van der Waals surface area (Å²) in [5.74, 6) is 0.189. The molecule has 1 aromatic rings. The van der Waals surface area contributed by atoms with E-state index in [1.54, 1.807) is 12.3 Å². The summed E-state index contributed by atoms with van der Waals surface area (Å²) in [6, 6.07) is 0. The molecular formula is C12H19N3O2. The van der Waals surface area contributed by atoms with Crippen molar-refractivity contribution in [1.82, 2.24) is 14.9 Å². The molecule has 1 aromatic heterocycles. The molecule has 0 unspecified atom stereocenters. The molecule has 0 aromatic carbocycles. The normalized spacial score (nSPS) is 11.8. The molecule has 0 aliphatic heterocycles. The summed E-state index contributed by atoms with van der Waals surface area (Å²) in [5.41, 5.74) is 0.453. The molecule has 0 bridgehead atoms. The molecule has 0 saturated heterocycles. The fourth-order valence-corrected chi connectivity index (χ4v) is 1.52. The number of hydrogen-bond acceptors (Lipinski definition) is 3. The van der Waals surface area contributed by atoms with Crippen molar-refractivity contribution in [1.29, 1.82) is 0 Å². The van der Waals surface area contributed by atoms with Crippen molar-refractivity contribution in [3.05, 3.63) is 29.9 Å². The van der Waals surface area contributed by atoms with Crippen LogP contribution < -0.4 is 5.32 Å². The van der Waals surface area contributed by atoms with Crippen LogP contribution in [0.5, 0.6) is 0 Å². The zero-order valence-corrected chi connectivity index (χ0v) is 10.3. The lowest BCUT2D eigenvalue weighted by Gasteiger charge is -2.03. The summed E-state index contributed by atoms with van der Waals surface area (Å²) in [4.78, 5) is 14.9. The minimum Gasteiger partial charge on any atom is -0.478 e. The maximum atomic E-state index is 10.7. The van der Waals surface area contributed by atoms with Crippen LogP contribution in [0.1, 0.15) is 19.2 Å². The van der Waals surface area contributed by atoms with Gasteiger partial charge in [0, 0.05) is 44.5 Å². The molecular weight excluding hydrogens is 218 g/mol. The maximum absolute atomic E-state index is 10.7. The highest BCUT2D eigenvalue weighted by atomic mass is 16.4. The monoisotopic (exact) mass is 237 g/mol. The molecule has 0 fully saturated rings. The van der Waals surface area contributed by atoms with E-state index in [9.17, 15) is 4.79 Å². The van der Waals surface area contributed by atoms with E-state index in [0.717, 1.165) is 18.8 Å². The third-order valence-electron chi connectivity index (χ3n) is 2.59. The molecule has 0 spiro atoms. The van der Waals surface area contributed by atoms with Crippen molar-refractivity contribution in [2.45, 2.75) is 19.8 Å². The molecule has 0 aliphatic rings. The van der Waals surface area contributed by atoms with Crippen LogP contribution in [0, 0.1) is 0 Å². The Morgan fingerprint density at radius 2 is 2.41 bits per heavy atom. The van der Waals surface area contributed by atoms with Gasteiger partial charge in [-0.05, 0) is 6.42 Å². The number of nitrogens with zero attached hydrogens (tertiary/aromatic N) is 2. The van der Waals surface area contributed by atoms with Gasteiger partial charge < -0.3 is 15.0 Å². The van der Waals surface area contributed by atoms with Gasteiger partial charge in [-0.15, -0.1) is 0 Å². The van der Waals surface area contributed by atoms with E-state index in [1.807, 2.05) is 24.7 Å². The van der Waals surface area contributed by atoms with Gasteiger partial charge in [0.25, 0.3) is 0 Å². The SMILES string of the molecule is CC/C(=C/CNCCc1nccn1C)C(=O)O. The average Bonchev–Trinajstić information content (AvgIpc) is 2.69. The van der Waals surface area contributed by atoms with Gasteiger partial charge in [-0.25, -0.2) is 9.78 Å². The van der Waals surface area contributed by atoms with Gasteiger partial charge in [0.2, 0.25) is 0 Å². The Kier molecular flexibility index (Phi) is 5.42. The van der Waals surface area contributed by atoms with E-state index >= 15 is 0 Å². The molecule has 5 heteroatoms. The van der Waals surface area contributed by atoms with Crippen molar-refractivity contribution in [3.63, 3.8) is 0 Å². The Hall–Kier alpha value is -1.62. The van der Waals surface area contributed by atoms with Gasteiger partial charge in [0.15, 0.2) is 0 Å². The number of carboxylic acids is 1. The molecule has 94 valence electrons. The van der Waals surface area contributed by atoms with Crippen molar-refractivity contribution in [3.8, 4) is 0 Å². The highest BCUT2D eigenvalue weighted by Crippen LogP contribution is 1.99. The molecule has 5 nitrogen and oxygen atoms in total. The van der Waals surface area contributed by atoms with Crippen LogP contribution in [0.25, 0.3) is 0 Å². The molecule has 17 heavy (non-hydrogen) atoms. The Balaban J connectivity index is 2.25. The number of imidazole rings is 1. The van der Waals surface area contributed by atoms with Crippen LogP contribution in [0.3, 0.4) is 0 Å². The van der Waals surface area contributed by atoms with Crippen LogP contribution >= 0.6 is 0 Å². The Morgan fingerprint density at radius 3 is 2.94 bits per heavy atom. The van der Waals surface area contributed by atoms with Crippen LogP contribution in [0.15, 0.2) is 24.0 Å². The van der Waals surface area contributed by atoms with Gasteiger partial charge in [-0.2, -0.15) is 0 Å². The topological polar surface area (TPSA) is 67.2 Å². The van der Waals surface area contributed by atoms with E-state index in [4.69, 9.17) is 5.11 Å². The first kappa shape index (κ1) is 13.4. The first-order chi connectivity index (χ1) is 8.15. The maximum Gasteiger partial charge on any atom is 0.331 e. The van der Waals surface area contributed by atoms with E-state index in [-0.39, 0.29) is 0 Å². The molecule has 1 rings (SSSR count). The van der Waals surface area contributed by atoms with Crippen LogP contribution in [-0.2, 0) is 18.3 Å². The van der Waals surface area contributed by atoms with Crippen molar-refractivity contribution in [2.24, 2.45) is 7.05 Å². The smallest absolute Gasteiger partial charge is 0.331 e. The predicted molar refractivity (Wildman–Crippen MR) is 65.8 cm³/mol. The van der Waals surface area contributed by atoms with Crippen LogP contribution in [0.4, 0.5) is 0 Å². The standard InChI is InChI=1S/C12H19N3O2/c1-3-10(12(16)17)4-6-13-7-5-11-14-8-9-15(11)2/h4,8-9,13H,3,5-7H2,1-2H3,(H,16,17)/b10-4-. The highest BCUT2D eigenvalue weighted by Gasteiger charge is 2.02. The van der Waals surface area contributed by atoms with Crippen molar-refractivity contribution < 1.29 is 9.90 Å². The van der Waals surface area contributed by atoms with Gasteiger partial charge >= 0.3 is 5.97 Å². The van der Waals surface area contributed by atoms with Gasteiger partial charge in [0.1, 0.15) is 5.82 Å². The summed E-state index contributed by atoms with van der Waals surface area (Å²) in [6.07, 6.45) is 6.80. The Labute approximate surface area is 101 Å². The third kappa shape index (κ3) is 4.40. The lowest BCUT2D eigenvalue weighted by Crippen LogP contribution is -2.19. The van der Waals surface area contributed by atoms with Crippen LogP contribution in [0.2, 0.25) is 0 Å². The first-order valence-corrected chi connectivity index (χ1v) is 5.74. The quantitative estimate of drug-likeness (QED) is 0.548. The summed E-state index contributed by atoms with van der Waals surface area (Å²) in [7, 11) is 1.96. The zero-order chi connectivity index (χ0) is 12.7. The van der Waals surface area contributed by atoms with Crippen LogP contribution in [-0.4, -0.2) is 33.7 Å². The van der Waals surface area contributed by atoms with E-state index in [0.29, 0.717) is 18.5 Å². The van der Waals surface area contributed by atoms with Gasteiger partial charge in [-0.3, -0.25) is 0 Å². The highest BCUT2D eigenvalue weighted by molar-refractivity contribution is 5.86. The number of aliphatic carboxylic acids is 1. The summed E-state index contributed by atoms with van der Waals surface area (Å²) in [5, 5.41) is 12.0. The zero-order valence-electron chi connectivity index (χ0n) is 10.3. The van der Waals surface area contributed by atoms with E-state index < -0.39 is 5.97 Å². The molecule has 2 N–H and O–H groups in total. The molecule has 0 saturated carbocycles. The number of nitrogens with one attached hydrogen (secondary N) is 1. The number of rotatable bonds is 7. The lowest BCUT2D eigenvalue weighted by molar-refractivity contribution is -0.132. The minimum atomic E-state index is -0.835. The third-order valence-corrected chi connectivity index (χ3v) is 2.59. The van der Waals surface area contributed by atoms with Gasteiger partial charge in [-0.1, -0.05) is 13.0 Å². The number of aryl methyl sites for hydroxylation is 1. The van der Waals surface area contributed by atoms with E-state index in [2.05, 4.69) is 10.3 Å². The molecule has 0 amide bonds. The van der Waals surface area contributed by atoms with Gasteiger partial charge in [0.05, 0.1) is 0 Å². The average molecular weight is 237 g/mol. The summed E-state index contributed by atoms with van der Waals surface area (Å²) >= 11 is 0. The Bertz CT molecular complexity index is 396. The summed E-state index contributed by atoms with van der Waals surface area (Å²) < 4.78 is 1.98. The summed E-state index contributed by atoms with van der Waals surface area (Å²) in [6.45, 7) is 3.21. The minimum absolute atomic E-state index is 0.453. The lowest BCUT2D eigenvalue weighted by atomic mass is 10.2. The molecule has 1 heterocycles. The number of carboxylic acid groups (broad SMARTS) is 1. The number of hydrogen-bond donors (Lipinski definition) is 2. The molecule has 0 aliphatic carbocycles. The van der Waals surface area contributed by atoms with E-state index in [1.165, 1.54) is 0 Å². The molecule has 0 radical (unpaired) electrons. The second kappa shape index (κ2) is 6.85.